The van der Waals surface area contributed by atoms with Crippen LogP contribution >= 0.6 is 11.6 Å². The van der Waals surface area contributed by atoms with Crippen LogP contribution < -0.4 is 10.1 Å². The number of methoxy groups -OCH3 is 2. The van der Waals surface area contributed by atoms with E-state index in [1.54, 1.807) is 24.3 Å². The fourth-order valence-corrected chi connectivity index (χ4v) is 3.35. The van der Waals surface area contributed by atoms with Crippen molar-refractivity contribution in [3.8, 4) is 5.75 Å². The Morgan fingerprint density at radius 1 is 1.04 bits per heavy atom. The Bertz CT molecular complexity index is 1010. The highest BCUT2D eigenvalue weighted by Crippen LogP contribution is 2.25. The lowest BCUT2D eigenvalue weighted by molar-refractivity contribution is -0.142. The van der Waals surface area contributed by atoms with E-state index in [4.69, 9.17) is 21.1 Å². The zero-order valence-corrected chi connectivity index (χ0v) is 16.3. The number of nitrogens with one attached hydrogen (secondary N) is 1. The van der Waals surface area contributed by atoms with Gasteiger partial charge in [0.2, 0.25) is 0 Å². The second kappa shape index (κ2) is 8.76. The van der Waals surface area contributed by atoms with Crippen LogP contribution in [-0.4, -0.2) is 32.1 Å². The Kier molecular flexibility index (Phi) is 6.16. The van der Waals surface area contributed by atoms with E-state index in [9.17, 15) is 9.59 Å². The maximum atomic E-state index is 12.9. The third-order valence-corrected chi connectivity index (χ3v) is 4.78. The fourth-order valence-electron chi connectivity index (χ4n) is 3.07. The minimum absolute atomic E-state index is 0.243. The van der Waals surface area contributed by atoms with E-state index in [0.717, 1.165) is 16.3 Å². The molecule has 144 valence electrons. The molecule has 0 spiro atoms. The van der Waals surface area contributed by atoms with Crippen LogP contribution in [0.1, 0.15) is 15.9 Å². The third-order valence-electron chi connectivity index (χ3n) is 4.48. The molecule has 5 nitrogen and oxygen atoms in total. The quantitative estimate of drug-likeness (QED) is 0.638. The molecule has 1 atom stereocenters. The van der Waals surface area contributed by atoms with Gasteiger partial charge in [-0.3, -0.25) is 4.79 Å². The molecule has 1 N–H and O–H groups in total. The van der Waals surface area contributed by atoms with Crippen molar-refractivity contribution >= 4 is 34.2 Å². The van der Waals surface area contributed by atoms with E-state index < -0.39 is 12.0 Å². The van der Waals surface area contributed by atoms with E-state index in [1.165, 1.54) is 14.2 Å². The van der Waals surface area contributed by atoms with E-state index in [1.807, 2.05) is 36.4 Å². The molecule has 0 saturated carbocycles. The average molecular weight is 398 g/mol. The molecule has 0 radical (unpaired) electrons. The maximum absolute atomic E-state index is 12.9. The Hall–Kier alpha value is -3.05. The molecular formula is C22H20ClNO4. The van der Waals surface area contributed by atoms with Gasteiger partial charge in [0.05, 0.1) is 19.2 Å². The summed E-state index contributed by atoms with van der Waals surface area (Å²) in [4.78, 5) is 25.1. The smallest absolute Gasteiger partial charge is 0.328 e. The van der Waals surface area contributed by atoms with Gasteiger partial charge in [0, 0.05) is 12.0 Å². The molecule has 0 bridgehead atoms. The lowest BCUT2D eigenvalue weighted by atomic mass is 10.0. The molecule has 6 heteroatoms. The van der Waals surface area contributed by atoms with Crippen molar-refractivity contribution in [1.82, 2.24) is 5.32 Å². The van der Waals surface area contributed by atoms with Crippen molar-refractivity contribution in [2.24, 2.45) is 0 Å². The van der Waals surface area contributed by atoms with Gasteiger partial charge in [-0.15, -0.1) is 0 Å². The van der Waals surface area contributed by atoms with Crippen molar-refractivity contribution in [3.63, 3.8) is 0 Å². The first kappa shape index (κ1) is 19.7. The van der Waals surface area contributed by atoms with Crippen molar-refractivity contribution in [1.29, 1.82) is 0 Å². The summed E-state index contributed by atoms with van der Waals surface area (Å²) in [7, 11) is 2.82. The summed E-state index contributed by atoms with van der Waals surface area (Å²) in [6.45, 7) is 0. The van der Waals surface area contributed by atoms with Gasteiger partial charge in [-0.2, -0.15) is 0 Å². The first-order chi connectivity index (χ1) is 13.5. The van der Waals surface area contributed by atoms with Crippen LogP contribution in [0, 0.1) is 0 Å². The minimum Gasteiger partial charge on any atom is -0.495 e. The predicted molar refractivity (Wildman–Crippen MR) is 109 cm³/mol. The maximum Gasteiger partial charge on any atom is 0.328 e. The normalized spacial score (nSPS) is 11.7. The van der Waals surface area contributed by atoms with Crippen molar-refractivity contribution in [3.05, 3.63) is 76.8 Å². The molecule has 0 aromatic heterocycles. The first-order valence-corrected chi connectivity index (χ1v) is 9.10. The number of amides is 1. The van der Waals surface area contributed by atoms with Crippen LogP contribution in [0.4, 0.5) is 0 Å². The molecule has 0 saturated heterocycles. The van der Waals surface area contributed by atoms with Crippen LogP contribution in [0.5, 0.6) is 5.75 Å². The Morgan fingerprint density at radius 3 is 2.50 bits per heavy atom. The molecule has 3 aromatic rings. The summed E-state index contributed by atoms with van der Waals surface area (Å²) >= 11 is 6.16. The number of fused-ring (bicyclic) bond motifs is 1. The first-order valence-electron chi connectivity index (χ1n) is 8.72. The van der Waals surface area contributed by atoms with Gasteiger partial charge in [0.25, 0.3) is 5.91 Å². The predicted octanol–water partition coefficient (Wildman–Crippen LogP) is 4.02. The molecular weight excluding hydrogens is 378 g/mol. The largest absolute Gasteiger partial charge is 0.495 e. The number of benzene rings is 3. The highest BCUT2D eigenvalue weighted by molar-refractivity contribution is 6.32. The summed E-state index contributed by atoms with van der Waals surface area (Å²) in [5.41, 5.74) is 1.28. The molecule has 0 fully saturated rings. The molecule has 3 aromatic carbocycles. The van der Waals surface area contributed by atoms with Crippen LogP contribution in [0.2, 0.25) is 5.02 Å². The van der Waals surface area contributed by atoms with Gasteiger partial charge in [-0.25, -0.2) is 4.79 Å². The summed E-state index contributed by atoms with van der Waals surface area (Å²) in [5.74, 6) is -0.327. The SMILES string of the molecule is COC(=O)[C@H](Cc1ccc(OC)c(Cl)c1)NC(=O)c1cccc2ccccc12. The number of carbonyl (C=O) groups excluding carboxylic acids is 2. The lowest BCUT2D eigenvalue weighted by Gasteiger charge is -2.18. The molecule has 0 heterocycles. The standard InChI is InChI=1S/C22H20ClNO4/c1-27-20-11-10-14(12-18(20)23)13-19(22(26)28-2)24-21(25)17-9-5-7-15-6-3-4-8-16(15)17/h3-12,19H,13H2,1-2H3,(H,24,25)/t19-/m0/s1. The van der Waals surface area contributed by atoms with Gasteiger partial charge in [-0.05, 0) is 34.5 Å². The van der Waals surface area contributed by atoms with Crippen molar-refractivity contribution < 1.29 is 19.1 Å². The van der Waals surface area contributed by atoms with Crippen LogP contribution in [0.3, 0.4) is 0 Å². The second-order valence-electron chi connectivity index (χ2n) is 6.25. The molecule has 28 heavy (non-hydrogen) atoms. The number of ether oxygens (including phenoxy) is 2. The summed E-state index contributed by atoms with van der Waals surface area (Å²) in [6.07, 6.45) is 0.243. The number of hydrogen-bond acceptors (Lipinski definition) is 4. The van der Waals surface area contributed by atoms with E-state index in [-0.39, 0.29) is 12.3 Å². The number of rotatable bonds is 6. The van der Waals surface area contributed by atoms with Crippen LogP contribution in [-0.2, 0) is 16.0 Å². The number of carbonyl (C=O) groups is 2. The molecule has 0 aliphatic carbocycles. The Morgan fingerprint density at radius 2 is 1.79 bits per heavy atom. The fraction of sp³-hybridized carbons (Fsp3) is 0.182. The topological polar surface area (TPSA) is 64.6 Å². The lowest BCUT2D eigenvalue weighted by Crippen LogP contribution is -2.43. The molecule has 3 rings (SSSR count). The second-order valence-corrected chi connectivity index (χ2v) is 6.66. The summed E-state index contributed by atoms with van der Waals surface area (Å²) in [5, 5.41) is 4.99. The van der Waals surface area contributed by atoms with Crippen LogP contribution in [0.25, 0.3) is 10.8 Å². The van der Waals surface area contributed by atoms with Crippen LogP contribution in [0.15, 0.2) is 60.7 Å². The van der Waals surface area contributed by atoms with Gasteiger partial charge in [-0.1, -0.05) is 54.1 Å². The van der Waals surface area contributed by atoms with Gasteiger partial charge in [0.15, 0.2) is 0 Å². The van der Waals surface area contributed by atoms with E-state index in [0.29, 0.717) is 16.3 Å². The number of halogens is 1. The van der Waals surface area contributed by atoms with E-state index in [2.05, 4.69) is 5.32 Å². The molecule has 0 aliphatic heterocycles. The zero-order valence-electron chi connectivity index (χ0n) is 15.6. The van der Waals surface area contributed by atoms with Gasteiger partial charge in [0.1, 0.15) is 11.8 Å². The Balaban J connectivity index is 1.85. The van der Waals surface area contributed by atoms with Gasteiger partial charge < -0.3 is 14.8 Å². The summed E-state index contributed by atoms with van der Waals surface area (Å²) in [6, 6.07) is 17.5. The van der Waals surface area contributed by atoms with Gasteiger partial charge >= 0.3 is 5.97 Å². The number of esters is 1. The Labute approximate surface area is 168 Å². The third kappa shape index (κ3) is 4.26. The molecule has 1 amide bonds. The van der Waals surface area contributed by atoms with Crippen molar-refractivity contribution in [2.75, 3.05) is 14.2 Å². The number of hydrogen-bond donors (Lipinski definition) is 1. The van der Waals surface area contributed by atoms with Crippen molar-refractivity contribution in [2.45, 2.75) is 12.5 Å². The molecule has 0 aliphatic rings. The monoisotopic (exact) mass is 397 g/mol. The highest BCUT2D eigenvalue weighted by atomic mass is 35.5. The zero-order chi connectivity index (χ0) is 20.1. The minimum atomic E-state index is -0.846. The average Bonchev–Trinajstić information content (AvgIpc) is 2.72. The summed E-state index contributed by atoms with van der Waals surface area (Å²) < 4.78 is 10.0. The molecule has 0 unspecified atom stereocenters. The van der Waals surface area contributed by atoms with E-state index >= 15 is 0 Å². The highest BCUT2D eigenvalue weighted by Gasteiger charge is 2.23.